The predicted octanol–water partition coefficient (Wildman–Crippen LogP) is 2.91. The third-order valence-electron chi connectivity index (χ3n) is 3.09. The van der Waals surface area contributed by atoms with E-state index < -0.39 is 0 Å². The van der Waals surface area contributed by atoms with Crippen LogP contribution in [0.4, 0.5) is 0 Å². The fourth-order valence-corrected chi connectivity index (χ4v) is 3.61. The van der Waals surface area contributed by atoms with E-state index in [-0.39, 0.29) is 5.78 Å². The molecule has 1 aliphatic rings. The molecule has 1 fully saturated rings. The molecule has 17 heavy (non-hydrogen) atoms. The average Bonchev–Trinajstić information content (AvgIpc) is 2.83. The van der Waals surface area contributed by atoms with Gasteiger partial charge in [-0.05, 0) is 53.9 Å². The van der Waals surface area contributed by atoms with E-state index in [1.165, 1.54) is 15.7 Å². The first kappa shape index (κ1) is 13.4. The lowest BCUT2D eigenvalue weighted by atomic mass is 10.1. The third-order valence-corrected chi connectivity index (χ3v) is 4.95. The number of nitrogens with zero attached hydrogens (tertiary/aromatic N) is 1. The molecule has 2 rings (SSSR count). The minimum atomic E-state index is 0.223. The van der Waals surface area contributed by atoms with Crippen molar-refractivity contribution >= 4 is 40.1 Å². The summed E-state index contributed by atoms with van der Waals surface area (Å²) in [7, 11) is 2.06. The van der Waals surface area contributed by atoms with Crippen LogP contribution < -0.4 is 0 Å². The van der Waals surface area contributed by atoms with Crippen molar-refractivity contribution in [1.82, 2.24) is 4.90 Å². The normalized spacial score (nSPS) is 19.8. The van der Waals surface area contributed by atoms with Gasteiger partial charge in [0, 0.05) is 20.9 Å². The maximum absolute atomic E-state index is 12.1. The number of thioether (sulfide) groups is 1. The number of carbonyl (C=O) groups excluding carboxylic acids is 1. The molecule has 0 amide bonds. The van der Waals surface area contributed by atoms with E-state index in [0.717, 1.165) is 11.3 Å². The van der Waals surface area contributed by atoms with Gasteiger partial charge in [0.25, 0.3) is 0 Å². The first-order valence-corrected chi connectivity index (χ1v) is 7.97. The molecular formula is C13H16INOS. The van der Waals surface area contributed by atoms with E-state index in [9.17, 15) is 4.79 Å². The zero-order valence-electron chi connectivity index (χ0n) is 9.86. The van der Waals surface area contributed by atoms with Crippen LogP contribution in [-0.4, -0.2) is 41.8 Å². The van der Waals surface area contributed by atoms with Crippen LogP contribution in [0.2, 0.25) is 0 Å². The highest BCUT2D eigenvalue weighted by Gasteiger charge is 2.21. The number of ketones is 1. The third kappa shape index (κ3) is 3.69. The Morgan fingerprint density at radius 3 is 2.76 bits per heavy atom. The molecule has 1 atom stereocenters. The minimum Gasteiger partial charge on any atom is -0.295 e. The molecule has 1 aromatic rings. The molecule has 1 saturated heterocycles. The lowest BCUT2D eigenvalue weighted by molar-refractivity contribution is 0.0927. The number of hydrogen-bond acceptors (Lipinski definition) is 3. The van der Waals surface area contributed by atoms with Gasteiger partial charge in [-0.15, -0.1) is 0 Å². The van der Waals surface area contributed by atoms with Gasteiger partial charge in [0.2, 0.25) is 0 Å². The number of Topliss-reactive ketones (excluding diaryl/α,β-unsaturated/α-hetero) is 1. The number of rotatable bonds is 4. The zero-order valence-corrected chi connectivity index (χ0v) is 12.8. The lowest BCUT2D eigenvalue weighted by Gasteiger charge is -2.22. The Hall–Kier alpha value is -0.0700. The molecule has 0 aromatic heterocycles. The topological polar surface area (TPSA) is 20.3 Å². The van der Waals surface area contributed by atoms with E-state index in [1.807, 2.05) is 36.0 Å². The van der Waals surface area contributed by atoms with E-state index in [4.69, 9.17) is 0 Å². The largest absolute Gasteiger partial charge is 0.295 e. The number of hydrogen-bond donors (Lipinski definition) is 0. The van der Waals surface area contributed by atoms with Crippen LogP contribution in [0.25, 0.3) is 0 Å². The van der Waals surface area contributed by atoms with Crippen molar-refractivity contribution < 1.29 is 4.79 Å². The second kappa shape index (κ2) is 6.20. The summed E-state index contributed by atoms with van der Waals surface area (Å²) in [5.41, 5.74) is 0.822. The molecule has 1 aromatic carbocycles. The van der Waals surface area contributed by atoms with Gasteiger partial charge < -0.3 is 0 Å². The highest BCUT2D eigenvalue weighted by atomic mass is 127. The Balaban J connectivity index is 1.94. The summed E-state index contributed by atoms with van der Waals surface area (Å²) in [6.45, 7) is 0.534. The van der Waals surface area contributed by atoms with Crippen molar-refractivity contribution in [2.45, 2.75) is 12.5 Å². The van der Waals surface area contributed by atoms with Gasteiger partial charge >= 0.3 is 0 Å². The van der Waals surface area contributed by atoms with E-state index in [0.29, 0.717) is 12.6 Å². The second-order valence-corrected chi connectivity index (χ2v) is 6.76. The molecule has 1 heterocycles. The molecule has 0 saturated carbocycles. The highest BCUT2D eigenvalue weighted by Crippen LogP contribution is 2.21. The van der Waals surface area contributed by atoms with Crippen LogP contribution >= 0.6 is 34.4 Å². The van der Waals surface area contributed by atoms with Gasteiger partial charge in [0.1, 0.15) is 0 Å². The van der Waals surface area contributed by atoms with Gasteiger partial charge in [-0.2, -0.15) is 11.8 Å². The highest BCUT2D eigenvalue weighted by molar-refractivity contribution is 14.1. The summed E-state index contributed by atoms with van der Waals surface area (Å²) in [5, 5.41) is 0. The molecule has 0 bridgehead atoms. The Bertz CT molecular complexity index is 387. The van der Waals surface area contributed by atoms with Gasteiger partial charge in [-0.1, -0.05) is 12.1 Å². The summed E-state index contributed by atoms with van der Waals surface area (Å²) >= 11 is 4.23. The van der Waals surface area contributed by atoms with Crippen molar-refractivity contribution in [3.8, 4) is 0 Å². The summed E-state index contributed by atoms with van der Waals surface area (Å²) in [6.07, 6.45) is 1.21. The maximum atomic E-state index is 12.1. The number of halogens is 1. The summed E-state index contributed by atoms with van der Waals surface area (Å²) < 4.78 is 1.17. The molecule has 1 unspecified atom stereocenters. The van der Waals surface area contributed by atoms with Crippen LogP contribution in [0.3, 0.4) is 0 Å². The predicted molar refractivity (Wildman–Crippen MR) is 81.8 cm³/mol. The molecule has 0 spiro atoms. The molecule has 1 aliphatic heterocycles. The first-order chi connectivity index (χ1) is 8.16. The van der Waals surface area contributed by atoms with E-state index in [2.05, 4.69) is 34.5 Å². The monoisotopic (exact) mass is 361 g/mol. The molecule has 2 nitrogen and oxygen atoms in total. The second-order valence-electron chi connectivity index (χ2n) is 4.36. The van der Waals surface area contributed by atoms with Crippen LogP contribution in [-0.2, 0) is 0 Å². The quantitative estimate of drug-likeness (QED) is 0.608. The van der Waals surface area contributed by atoms with E-state index >= 15 is 0 Å². The van der Waals surface area contributed by atoms with Gasteiger partial charge in [-0.25, -0.2) is 0 Å². The number of likely N-dealkylation sites (N-methyl/N-ethyl adjacent to an activating group) is 1. The minimum absolute atomic E-state index is 0.223. The smallest absolute Gasteiger partial charge is 0.176 e. The van der Waals surface area contributed by atoms with Gasteiger partial charge in [-0.3, -0.25) is 9.69 Å². The Kier molecular flexibility index (Phi) is 4.87. The summed E-state index contributed by atoms with van der Waals surface area (Å²) in [5.74, 6) is 2.62. The number of benzene rings is 1. The van der Waals surface area contributed by atoms with Crippen LogP contribution in [0.15, 0.2) is 24.3 Å². The summed E-state index contributed by atoms with van der Waals surface area (Å²) in [6, 6.07) is 8.38. The van der Waals surface area contributed by atoms with Crippen LogP contribution in [0, 0.1) is 3.57 Å². The van der Waals surface area contributed by atoms with Gasteiger partial charge in [0.15, 0.2) is 5.78 Å². The van der Waals surface area contributed by atoms with Crippen molar-refractivity contribution in [2.24, 2.45) is 0 Å². The fourth-order valence-electron chi connectivity index (χ4n) is 1.95. The Labute approximate surface area is 120 Å². The summed E-state index contributed by atoms with van der Waals surface area (Å²) in [4.78, 5) is 14.3. The molecule has 0 aliphatic carbocycles. The SMILES string of the molecule is CN(CC(=O)c1ccc(I)cc1)C1CCSC1. The Morgan fingerprint density at radius 2 is 2.18 bits per heavy atom. The lowest BCUT2D eigenvalue weighted by Crippen LogP contribution is -2.35. The van der Waals surface area contributed by atoms with E-state index in [1.54, 1.807) is 0 Å². The van der Waals surface area contributed by atoms with Crippen molar-refractivity contribution in [3.63, 3.8) is 0 Å². The van der Waals surface area contributed by atoms with Gasteiger partial charge in [0.05, 0.1) is 6.54 Å². The van der Waals surface area contributed by atoms with Crippen LogP contribution in [0.1, 0.15) is 16.8 Å². The van der Waals surface area contributed by atoms with Crippen molar-refractivity contribution in [2.75, 3.05) is 25.1 Å². The number of carbonyl (C=O) groups is 1. The van der Waals surface area contributed by atoms with Crippen molar-refractivity contribution in [3.05, 3.63) is 33.4 Å². The molecule has 0 N–H and O–H groups in total. The average molecular weight is 361 g/mol. The standard InChI is InChI=1S/C13H16INOS/c1-15(12-6-7-17-9-12)8-13(16)10-2-4-11(14)5-3-10/h2-5,12H,6-9H2,1H3. The van der Waals surface area contributed by atoms with Crippen molar-refractivity contribution in [1.29, 1.82) is 0 Å². The van der Waals surface area contributed by atoms with Crippen LogP contribution in [0.5, 0.6) is 0 Å². The molecule has 4 heteroatoms. The molecule has 0 radical (unpaired) electrons. The fraction of sp³-hybridized carbons (Fsp3) is 0.462. The molecule has 92 valence electrons. The zero-order chi connectivity index (χ0) is 12.3. The first-order valence-electron chi connectivity index (χ1n) is 5.73. The Morgan fingerprint density at radius 1 is 1.47 bits per heavy atom. The molecular weight excluding hydrogens is 345 g/mol. The maximum Gasteiger partial charge on any atom is 0.176 e.